The molecule has 1 aromatic carbocycles. The summed E-state index contributed by atoms with van der Waals surface area (Å²) in [5.74, 6) is -0.856. The lowest BCUT2D eigenvalue weighted by Crippen LogP contribution is -2.22. The number of carboxylic acids is 1. The van der Waals surface area contributed by atoms with Gasteiger partial charge in [-0.15, -0.1) is 0 Å². The van der Waals surface area contributed by atoms with Gasteiger partial charge in [0.2, 0.25) is 0 Å². The van der Waals surface area contributed by atoms with Crippen molar-refractivity contribution in [2.24, 2.45) is 5.92 Å². The van der Waals surface area contributed by atoms with E-state index >= 15 is 0 Å². The molecule has 2 unspecified atom stereocenters. The molecule has 6 nitrogen and oxygen atoms in total. The van der Waals surface area contributed by atoms with Gasteiger partial charge in [-0.1, -0.05) is 6.92 Å². The molecule has 0 heterocycles. The zero-order chi connectivity index (χ0) is 15.3. The van der Waals surface area contributed by atoms with Crippen LogP contribution in [-0.4, -0.2) is 37.5 Å². The Morgan fingerprint density at radius 3 is 1.95 bits per heavy atom. The van der Waals surface area contributed by atoms with E-state index in [1.165, 1.54) is 21.3 Å². The Balaban J connectivity index is 3.37. The molecule has 0 aromatic heterocycles. The summed E-state index contributed by atoms with van der Waals surface area (Å²) in [4.78, 5) is 11.2. The quantitative estimate of drug-likeness (QED) is 0.795. The number of hydrogen-bond donors (Lipinski definition) is 2. The molecular weight excluding hydrogens is 264 g/mol. The Morgan fingerprint density at radius 1 is 1.15 bits per heavy atom. The van der Waals surface area contributed by atoms with Crippen LogP contribution in [0.5, 0.6) is 17.2 Å². The molecule has 0 aliphatic heterocycles. The molecule has 1 rings (SSSR count). The topological polar surface area (TPSA) is 85.2 Å². The van der Waals surface area contributed by atoms with Crippen LogP contribution in [0, 0.1) is 5.92 Å². The second-order valence-corrected chi connectivity index (χ2v) is 4.24. The molecule has 0 fully saturated rings. The maximum absolute atomic E-state index is 11.2. The van der Waals surface area contributed by atoms with Gasteiger partial charge in [-0.2, -0.15) is 0 Å². The molecule has 1 aromatic rings. The van der Waals surface area contributed by atoms with Crippen molar-refractivity contribution in [2.45, 2.75) is 19.4 Å². The van der Waals surface area contributed by atoms with Crippen molar-refractivity contribution in [3.8, 4) is 17.2 Å². The highest BCUT2D eigenvalue weighted by Gasteiger charge is 2.31. The van der Waals surface area contributed by atoms with E-state index in [-0.39, 0.29) is 6.42 Å². The maximum atomic E-state index is 11.2. The monoisotopic (exact) mass is 284 g/mol. The van der Waals surface area contributed by atoms with Gasteiger partial charge in [-0.25, -0.2) is 0 Å². The van der Waals surface area contributed by atoms with E-state index in [1.54, 1.807) is 19.1 Å². The van der Waals surface area contributed by atoms with Crippen molar-refractivity contribution in [3.05, 3.63) is 17.7 Å². The number of carboxylic acid groups (broad SMARTS) is 1. The van der Waals surface area contributed by atoms with Crippen LogP contribution in [0.25, 0.3) is 0 Å². The van der Waals surface area contributed by atoms with Crippen LogP contribution in [0.4, 0.5) is 0 Å². The second kappa shape index (κ2) is 7.00. The standard InChI is InChI=1S/C14H20O6/c1-5-9(14(16)17)13(15)12-10(19-3)6-8(18-2)7-11(12)20-4/h6-7,9,13,15H,5H2,1-4H3,(H,16,17). The molecule has 0 radical (unpaired) electrons. The molecule has 112 valence electrons. The summed E-state index contributed by atoms with van der Waals surface area (Å²) in [5.41, 5.74) is 0.310. The zero-order valence-electron chi connectivity index (χ0n) is 12.0. The molecule has 0 spiro atoms. The van der Waals surface area contributed by atoms with Crippen LogP contribution < -0.4 is 14.2 Å². The number of ether oxygens (including phenoxy) is 3. The van der Waals surface area contributed by atoms with E-state index in [2.05, 4.69) is 0 Å². The van der Waals surface area contributed by atoms with Gasteiger partial charge in [0.05, 0.1) is 38.9 Å². The lowest BCUT2D eigenvalue weighted by Gasteiger charge is -2.23. The van der Waals surface area contributed by atoms with Crippen LogP contribution in [0.15, 0.2) is 12.1 Å². The number of rotatable bonds is 7. The highest BCUT2D eigenvalue weighted by atomic mass is 16.5. The minimum Gasteiger partial charge on any atom is -0.496 e. The molecular formula is C14H20O6. The minimum absolute atomic E-state index is 0.287. The van der Waals surface area contributed by atoms with Crippen molar-refractivity contribution >= 4 is 5.97 Å². The number of aliphatic hydroxyl groups is 1. The summed E-state index contributed by atoms with van der Waals surface area (Å²) in [6.07, 6.45) is -0.942. The van der Waals surface area contributed by atoms with Crippen molar-refractivity contribution < 1.29 is 29.2 Å². The fourth-order valence-electron chi connectivity index (χ4n) is 2.06. The molecule has 0 aliphatic carbocycles. The van der Waals surface area contributed by atoms with Gasteiger partial charge in [0, 0.05) is 12.1 Å². The first-order chi connectivity index (χ1) is 9.49. The van der Waals surface area contributed by atoms with Crippen LogP contribution in [0.3, 0.4) is 0 Å². The zero-order valence-corrected chi connectivity index (χ0v) is 12.0. The molecule has 2 atom stereocenters. The smallest absolute Gasteiger partial charge is 0.309 e. The van der Waals surface area contributed by atoms with Gasteiger partial charge < -0.3 is 24.4 Å². The summed E-state index contributed by atoms with van der Waals surface area (Å²) in [7, 11) is 4.37. The number of hydrogen-bond acceptors (Lipinski definition) is 5. The predicted molar refractivity (Wildman–Crippen MR) is 72.5 cm³/mol. The van der Waals surface area contributed by atoms with Gasteiger partial charge in [0.15, 0.2) is 0 Å². The SMILES string of the molecule is CCC(C(=O)O)C(O)c1c(OC)cc(OC)cc1OC. The van der Waals surface area contributed by atoms with Crippen molar-refractivity contribution in [2.75, 3.05) is 21.3 Å². The number of benzene rings is 1. The van der Waals surface area contributed by atoms with Crippen LogP contribution in [-0.2, 0) is 4.79 Å². The first-order valence-corrected chi connectivity index (χ1v) is 6.20. The average Bonchev–Trinajstić information content (AvgIpc) is 2.45. The summed E-state index contributed by atoms with van der Waals surface area (Å²) in [5, 5.41) is 19.5. The lowest BCUT2D eigenvalue weighted by molar-refractivity contribution is -0.146. The Labute approximate surface area is 117 Å². The molecule has 0 saturated heterocycles. The fourth-order valence-corrected chi connectivity index (χ4v) is 2.06. The Bertz CT molecular complexity index is 446. The number of carbonyl (C=O) groups is 1. The van der Waals surface area contributed by atoms with Crippen molar-refractivity contribution in [1.29, 1.82) is 0 Å². The van der Waals surface area contributed by atoms with Crippen molar-refractivity contribution in [1.82, 2.24) is 0 Å². The first-order valence-electron chi connectivity index (χ1n) is 6.20. The van der Waals surface area contributed by atoms with Crippen LogP contribution in [0.1, 0.15) is 25.0 Å². The van der Waals surface area contributed by atoms with E-state index in [1.807, 2.05) is 0 Å². The summed E-state index contributed by atoms with van der Waals surface area (Å²) in [6, 6.07) is 3.16. The van der Waals surface area contributed by atoms with E-state index in [4.69, 9.17) is 19.3 Å². The van der Waals surface area contributed by atoms with Gasteiger partial charge >= 0.3 is 5.97 Å². The summed E-state index contributed by atoms with van der Waals surface area (Å²) < 4.78 is 15.5. The third-order valence-electron chi connectivity index (χ3n) is 3.19. The van der Waals surface area contributed by atoms with E-state index < -0.39 is 18.0 Å². The summed E-state index contributed by atoms with van der Waals surface area (Å²) >= 11 is 0. The minimum atomic E-state index is -1.23. The van der Waals surface area contributed by atoms with Gasteiger partial charge in [0.1, 0.15) is 17.2 Å². The van der Waals surface area contributed by atoms with Gasteiger partial charge in [-0.05, 0) is 6.42 Å². The Morgan fingerprint density at radius 2 is 1.65 bits per heavy atom. The highest BCUT2D eigenvalue weighted by molar-refractivity contribution is 5.71. The van der Waals surface area contributed by atoms with E-state index in [0.717, 1.165) is 0 Å². The summed E-state index contributed by atoms with van der Waals surface area (Å²) in [6.45, 7) is 1.70. The average molecular weight is 284 g/mol. The van der Waals surface area contributed by atoms with E-state index in [0.29, 0.717) is 22.8 Å². The van der Waals surface area contributed by atoms with Crippen LogP contribution in [0.2, 0.25) is 0 Å². The van der Waals surface area contributed by atoms with Gasteiger partial charge in [-0.3, -0.25) is 4.79 Å². The third kappa shape index (κ3) is 3.14. The number of aliphatic hydroxyl groups excluding tert-OH is 1. The van der Waals surface area contributed by atoms with Crippen molar-refractivity contribution in [3.63, 3.8) is 0 Å². The maximum Gasteiger partial charge on any atom is 0.309 e. The van der Waals surface area contributed by atoms with Gasteiger partial charge in [0.25, 0.3) is 0 Å². The Kier molecular flexibility index (Phi) is 5.64. The Hall–Kier alpha value is -1.95. The molecule has 6 heteroatoms. The normalized spacial score (nSPS) is 13.4. The largest absolute Gasteiger partial charge is 0.496 e. The molecule has 0 aliphatic rings. The first kappa shape index (κ1) is 16.1. The number of aliphatic carboxylic acids is 1. The molecule has 0 saturated carbocycles. The fraction of sp³-hybridized carbons (Fsp3) is 0.500. The molecule has 2 N–H and O–H groups in total. The second-order valence-electron chi connectivity index (χ2n) is 4.24. The highest BCUT2D eigenvalue weighted by Crippen LogP contribution is 2.41. The molecule has 20 heavy (non-hydrogen) atoms. The third-order valence-corrected chi connectivity index (χ3v) is 3.19. The number of methoxy groups -OCH3 is 3. The van der Waals surface area contributed by atoms with E-state index in [9.17, 15) is 9.90 Å². The molecule has 0 bridgehead atoms. The molecule has 0 amide bonds. The van der Waals surface area contributed by atoms with Crippen LogP contribution >= 0.6 is 0 Å². The predicted octanol–water partition coefficient (Wildman–Crippen LogP) is 1.86. The lowest BCUT2D eigenvalue weighted by atomic mass is 9.92.